The van der Waals surface area contributed by atoms with Crippen LogP contribution >= 0.6 is 0 Å². The van der Waals surface area contributed by atoms with Crippen LogP contribution in [0.5, 0.6) is 17.2 Å². The first-order chi connectivity index (χ1) is 19.6. The van der Waals surface area contributed by atoms with E-state index in [4.69, 9.17) is 19.6 Å². The van der Waals surface area contributed by atoms with Crippen molar-refractivity contribution in [2.75, 3.05) is 26.8 Å². The largest absolute Gasteiger partial charge is 0.502 e. The molecule has 216 valence electrons. The molecule has 1 amide bonds. The Hall–Kier alpha value is -4.31. The molecule has 3 atom stereocenters. The molecule has 0 aliphatic carbocycles. The molecular weight excluding hydrogens is 526 g/mol. The fourth-order valence-electron chi connectivity index (χ4n) is 6.08. The Morgan fingerprint density at radius 1 is 1.20 bits per heavy atom. The van der Waals surface area contributed by atoms with Gasteiger partial charge in [-0.3, -0.25) is 19.3 Å². The standard InChI is InChI=1S/C31H35N3O7/c1-18(2)17-40-30-22(6-4-8-26(30)39-3)23(12-27(32)36)31-29(38)25(35)11-21(41-31)16-33-13-19-10-20(15-33)24-7-5-9-28(37)34(24)14-19/h4-9,11,19-20,23,38H,1,10,12-17H2,2-3H3,(H2,32,36). The second kappa shape index (κ2) is 11.7. The van der Waals surface area contributed by atoms with E-state index in [-0.39, 0.29) is 36.2 Å². The second-order valence-corrected chi connectivity index (χ2v) is 11.0. The van der Waals surface area contributed by atoms with E-state index in [1.165, 1.54) is 13.2 Å². The Morgan fingerprint density at radius 2 is 1.98 bits per heavy atom. The van der Waals surface area contributed by atoms with Crippen molar-refractivity contribution in [3.63, 3.8) is 0 Å². The highest BCUT2D eigenvalue weighted by molar-refractivity contribution is 5.76. The highest BCUT2D eigenvalue weighted by atomic mass is 16.5. The summed E-state index contributed by atoms with van der Waals surface area (Å²) in [5.74, 6) is -0.612. The number of para-hydroxylation sites is 1. The van der Waals surface area contributed by atoms with Crippen molar-refractivity contribution in [1.29, 1.82) is 0 Å². The van der Waals surface area contributed by atoms with Crippen molar-refractivity contribution in [2.24, 2.45) is 11.7 Å². The van der Waals surface area contributed by atoms with Gasteiger partial charge in [0.15, 0.2) is 17.3 Å². The van der Waals surface area contributed by atoms with E-state index < -0.39 is 23.0 Å². The summed E-state index contributed by atoms with van der Waals surface area (Å²) in [6.07, 6.45) is 0.754. The number of pyridine rings is 1. The van der Waals surface area contributed by atoms with Gasteiger partial charge >= 0.3 is 0 Å². The minimum absolute atomic E-state index is 0.0180. The zero-order chi connectivity index (χ0) is 29.3. The Bertz CT molecular complexity index is 1590. The topological polar surface area (TPSA) is 137 Å². The number of primary amides is 1. The van der Waals surface area contributed by atoms with Crippen molar-refractivity contribution < 1.29 is 23.8 Å². The molecule has 0 spiro atoms. The van der Waals surface area contributed by atoms with Crippen molar-refractivity contribution in [1.82, 2.24) is 9.47 Å². The van der Waals surface area contributed by atoms with E-state index in [1.54, 1.807) is 30.3 Å². The quantitative estimate of drug-likeness (QED) is 0.360. The summed E-state index contributed by atoms with van der Waals surface area (Å²) in [6, 6.07) is 11.8. The molecule has 3 N–H and O–H groups in total. The Labute approximate surface area is 237 Å². The maximum absolute atomic E-state index is 13.0. The number of nitrogens with two attached hydrogens (primary N) is 1. The summed E-state index contributed by atoms with van der Waals surface area (Å²) >= 11 is 0. The number of piperidine rings is 1. The molecular formula is C31H35N3O7. The number of amides is 1. The van der Waals surface area contributed by atoms with Crippen molar-refractivity contribution in [3.05, 3.63) is 98.0 Å². The van der Waals surface area contributed by atoms with Gasteiger partial charge in [0.25, 0.3) is 5.56 Å². The minimum atomic E-state index is -0.908. The molecule has 1 saturated heterocycles. The molecule has 2 aliphatic rings. The van der Waals surface area contributed by atoms with Gasteiger partial charge in [-0.05, 0) is 37.0 Å². The zero-order valence-corrected chi connectivity index (χ0v) is 23.3. The van der Waals surface area contributed by atoms with Crippen LogP contribution in [0.15, 0.2) is 68.6 Å². The van der Waals surface area contributed by atoms with E-state index in [0.29, 0.717) is 42.5 Å². The minimum Gasteiger partial charge on any atom is -0.502 e. The molecule has 1 fully saturated rings. The van der Waals surface area contributed by atoms with Gasteiger partial charge in [-0.15, -0.1) is 0 Å². The molecule has 41 heavy (non-hydrogen) atoms. The van der Waals surface area contributed by atoms with Gasteiger partial charge in [-0.1, -0.05) is 24.8 Å². The van der Waals surface area contributed by atoms with Gasteiger partial charge in [-0.25, -0.2) is 0 Å². The van der Waals surface area contributed by atoms with E-state index in [2.05, 4.69) is 11.5 Å². The Balaban J connectivity index is 1.49. The number of fused-ring (bicyclic) bond motifs is 4. The number of hydrogen-bond donors (Lipinski definition) is 2. The van der Waals surface area contributed by atoms with E-state index in [9.17, 15) is 19.5 Å². The average Bonchev–Trinajstić information content (AvgIpc) is 2.93. The molecule has 3 unspecified atom stereocenters. The predicted molar refractivity (Wildman–Crippen MR) is 152 cm³/mol. The molecule has 4 heterocycles. The second-order valence-electron chi connectivity index (χ2n) is 11.0. The van der Waals surface area contributed by atoms with Gasteiger partial charge < -0.3 is 29.3 Å². The van der Waals surface area contributed by atoms with Gasteiger partial charge in [0.2, 0.25) is 17.1 Å². The Kier molecular flexibility index (Phi) is 8.03. The van der Waals surface area contributed by atoms with Crippen LogP contribution in [0.25, 0.3) is 0 Å². The highest BCUT2D eigenvalue weighted by Crippen LogP contribution is 2.42. The fraction of sp³-hybridized carbons (Fsp3) is 0.387. The molecule has 3 aromatic rings. The summed E-state index contributed by atoms with van der Waals surface area (Å²) in [5.41, 5.74) is 7.30. The molecule has 2 aromatic heterocycles. The van der Waals surface area contributed by atoms with Crippen LogP contribution in [-0.2, 0) is 17.9 Å². The van der Waals surface area contributed by atoms with Crippen LogP contribution in [-0.4, -0.2) is 47.3 Å². The molecule has 2 aliphatic heterocycles. The van der Waals surface area contributed by atoms with Crippen molar-refractivity contribution in [2.45, 2.75) is 44.7 Å². The smallest absolute Gasteiger partial charge is 0.250 e. The number of aromatic nitrogens is 1. The van der Waals surface area contributed by atoms with Crippen LogP contribution in [0, 0.1) is 5.92 Å². The normalized spacial score (nSPS) is 18.8. The summed E-state index contributed by atoms with van der Waals surface area (Å²) in [5, 5.41) is 10.9. The number of methoxy groups -OCH3 is 1. The summed E-state index contributed by atoms with van der Waals surface area (Å²) in [4.78, 5) is 39.8. The van der Waals surface area contributed by atoms with Crippen molar-refractivity contribution in [3.8, 4) is 17.2 Å². The van der Waals surface area contributed by atoms with Gasteiger partial charge in [0.05, 0.1) is 19.6 Å². The first kappa shape index (κ1) is 28.2. The molecule has 1 aromatic carbocycles. The lowest BCUT2D eigenvalue weighted by molar-refractivity contribution is -0.118. The third-order valence-corrected chi connectivity index (χ3v) is 7.72. The molecule has 0 saturated carbocycles. The predicted octanol–water partition coefficient (Wildman–Crippen LogP) is 3.10. The third kappa shape index (κ3) is 5.92. The number of aromatic hydroxyl groups is 1. The third-order valence-electron chi connectivity index (χ3n) is 7.72. The summed E-state index contributed by atoms with van der Waals surface area (Å²) < 4.78 is 19.6. The number of ether oxygens (including phenoxy) is 2. The summed E-state index contributed by atoms with van der Waals surface area (Å²) in [7, 11) is 1.50. The number of carbonyl (C=O) groups excluding carboxylic acids is 1. The van der Waals surface area contributed by atoms with Crippen LogP contribution in [0.3, 0.4) is 0 Å². The average molecular weight is 562 g/mol. The number of nitrogens with zero attached hydrogens (tertiary/aromatic N) is 2. The maximum Gasteiger partial charge on any atom is 0.250 e. The summed E-state index contributed by atoms with van der Waals surface area (Å²) in [6.45, 7) is 8.29. The maximum atomic E-state index is 13.0. The number of rotatable bonds is 10. The number of carbonyl (C=O) groups is 1. The monoisotopic (exact) mass is 561 g/mol. The zero-order valence-electron chi connectivity index (χ0n) is 23.3. The van der Waals surface area contributed by atoms with E-state index in [0.717, 1.165) is 24.2 Å². The lowest BCUT2D eigenvalue weighted by Gasteiger charge is -2.42. The SMILES string of the molecule is C=C(C)COc1c(OC)cccc1C(CC(N)=O)c1oc(CN2CC3CC(C2)c2cccc(=O)n2C3)cc(=O)c1O. The fourth-order valence-corrected chi connectivity index (χ4v) is 6.08. The van der Waals surface area contributed by atoms with Gasteiger partial charge in [0, 0.05) is 55.4 Å². The van der Waals surface area contributed by atoms with Crippen LogP contribution in [0.2, 0.25) is 0 Å². The van der Waals surface area contributed by atoms with Gasteiger partial charge in [-0.2, -0.15) is 0 Å². The lowest BCUT2D eigenvalue weighted by Crippen LogP contribution is -2.46. The molecule has 0 radical (unpaired) electrons. The first-order valence-electron chi connectivity index (χ1n) is 13.6. The Morgan fingerprint density at radius 3 is 2.71 bits per heavy atom. The number of hydrogen-bond acceptors (Lipinski definition) is 8. The van der Waals surface area contributed by atoms with Gasteiger partial charge in [0.1, 0.15) is 12.4 Å². The molecule has 10 nitrogen and oxygen atoms in total. The first-order valence-corrected chi connectivity index (χ1v) is 13.6. The van der Waals surface area contributed by atoms with E-state index in [1.807, 2.05) is 17.6 Å². The van der Waals surface area contributed by atoms with Crippen LogP contribution in [0.4, 0.5) is 0 Å². The number of benzene rings is 1. The lowest BCUT2D eigenvalue weighted by atomic mass is 9.83. The highest BCUT2D eigenvalue weighted by Gasteiger charge is 2.35. The number of likely N-dealkylation sites (tertiary alicyclic amines) is 1. The molecule has 10 heteroatoms. The van der Waals surface area contributed by atoms with E-state index >= 15 is 0 Å². The van der Waals surface area contributed by atoms with Crippen LogP contribution in [0.1, 0.15) is 54.4 Å². The molecule has 5 rings (SSSR count). The van der Waals surface area contributed by atoms with Crippen molar-refractivity contribution >= 4 is 5.91 Å². The van der Waals surface area contributed by atoms with Crippen LogP contribution < -0.4 is 26.2 Å². The molecule has 2 bridgehead atoms.